The number of nitrogens with zero attached hydrogens (tertiary/aromatic N) is 2. The van der Waals surface area contributed by atoms with Crippen LogP contribution in [0.25, 0.3) is 10.8 Å². The summed E-state index contributed by atoms with van der Waals surface area (Å²) in [6, 6.07) is 25.6. The van der Waals surface area contributed by atoms with Gasteiger partial charge in [-0.3, -0.25) is 0 Å². The first-order chi connectivity index (χ1) is 11.3. The van der Waals surface area contributed by atoms with E-state index in [4.69, 9.17) is 0 Å². The third kappa shape index (κ3) is 3.40. The average molecular weight is 301 g/mol. The molecule has 0 amide bonds. The van der Waals surface area contributed by atoms with Gasteiger partial charge in [-0.1, -0.05) is 68.4 Å². The highest BCUT2D eigenvalue weighted by atomic mass is 15.2. The molecule has 3 rings (SSSR count). The molecule has 0 aliphatic rings. The monoisotopic (exact) mass is 301 g/mol. The van der Waals surface area contributed by atoms with Gasteiger partial charge in [-0.2, -0.15) is 0 Å². The average Bonchev–Trinajstić information content (AvgIpc) is 2.63. The van der Waals surface area contributed by atoms with E-state index in [0.29, 0.717) is 0 Å². The van der Waals surface area contributed by atoms with E-state index in [1.54, 1.807) is 0 Å². The first-order valence-corrected chi connectivity index (χ1v) is 8.24. The summed E-state index contributed by atoms with van der Waals surface area (Å²) in [5, 5.41) is 2.53. The Hall–Kier alpha value is -2.26. The minimum absolute atomic E-state index is 0.991. The van der Waals surface area contributed by atoms with Gasteiger partial charge >= 0.3 is 7.55 Å². The van der Waals surface area contributed by atoms with Crippen LogP contribution in [-0.2, 0) is 0 Å². The third-order valence-electron chi connectivity index (χ3n) is 4.15. The van der Waals surface area contributed by atoms with E-state index >= 15 is 0 Å². The van der Waals surface area contributed by atoms with Crippen LogP contribution in [0.2, 0.25) is 0 Å². The normalized spacial score (nSPS) is 10.9. The van der Waals surface area contributed by atoms with Crippen molar-refractivity contribution in [2.75, 3.05) is 17.9 Å². The van der Waals surface area contributed by atoms with Crippen LogP contribution in [0.15, 0.2) is 72.8 Å². The fourth-order valence-electron chi connectivity index (χ4n) is 2.83. The molecule has 0 aromatic heterocycles. The molecule has 2 nitrogen and oxygen atoms in total. The molecule has 0 spiro atoms. The molecule has 0 aliphatic heterocycles. The van der Waals surface area contributed by atoms with E-state index in [9.17, 15) is 0 Å². The van der Waals surface area contributed by atoms with Crippen molar-refractivity contribution in [2.24, 2.45) is 0 Å². The Kier molecular flexibility index (Phi) is 4.99. The molecule has 0 saturated heterocycles. The molecule has 23 heavy (non-hydrogen) atoms. The van der Waals surface area contributed by atoms with Crippen molar-refractivity contribution in [1.82, 2.24) is 4.81 Å². The molecule has 0 aliphatic carbocycles. The van der Waals surface area contributed by atoms with Crippen LogP contribution in [0.3, 0.4) is 0 Å². The fourth-order valence-corrected chi connectivity index (χ4v) is 2.83. The Morgan fingerprint density at radius 2 is 1.39 bits per heavy atom. The molecule has 3 heteroatoms. The van der Waals surface area contributed by atoms with Gasteiger partial charge in [-0.25, -0.2) is 0 Å². The Balaban J connectivity index is 2.10. The molecule has 0 saturated carbocycles. The summed E-state index contributed by atoms with van der Waals surface area (Å²) in [7, 11) is 2.22. The van der Waals surface area contributed by atoms with E-state index in [2.05, 4.69) is 104 Å². The number of rotatable bonds is 6. The zero-order chi connectivity index (χ0) is 16.1. The summed E-state index contributed by atoms with van der Waals surface area (Å²) in [6.45, 7) is 6.35. The molecule has 0 fully saturated rings. The number of anilines is 2. The Morgan fingerprint density at radius 1 is 0.739 bits per heavy atom. The van der Waals surface area contributed by atoms with Gasteiger partial charge in [0.25, 0.3) is 0 Å². The largest absolute Gasteiger partial charge is 0.374 e. The van der Waals surface area contributed by atoms with Crippen LogP contribution in [0.5, 0.6) is 0 Å². The zero-order valence-electron chi connectivity index (χ0n) is 13.8. The molecule has 0 unspecified atom stereocenters. The second-order valence-corrected chi connectivity index (χ2v) is 5.54. The van der Waals surface area contributed by atoms with E-state index in [-0.39, 0.29) is 0 Å². The van der Waals surface area contributed by atoms with E-state index in [1.165, 1.54) is 22.1 Å². The molecule has 0 heterocycles. The predicted octanol–water partition coefficient (Wildman–Crippen LogP) is 4.85. The highest BCUT2D eigenvalue weighted by molar-refractivity contribution is 6.42. The summed E-state index contributed by atoms with van der Waals surface area (Å²) in [4.78, 5) is 4.60. The van der Waals surface area contributed by atoms with E-state index in [1.807, 2.05) is 0 Å². The minimum Gasteiger partial charge on any atom is -0.374 e. The maximum atomic E-state index is 2.31. The summed E-state index contributed by atoms with van der Waals surface area (Å²) in [5.74, 6) is 0. The van der Waals surface area contributed by atoms with Crippen LogP contribution in [0, 0.1) is 0 Å². The lowest BCUT2D eigenvalue weighted by Crippen LogP contribution is -2.39. The summed E-state index contributed by atoms with van der Waals surface area (Å²) >= 11 is 0. The van der Waals surface area contributed by atoms with Crippen LogP contribution in [0.1, 0.15) is 13.8 Å². The van der Waals surface area contributed by atoms with Crippen LogP contribution in [-0.4, -0.2) is 25.4 Å². The highest BCUT2D eigenvalue weighted by Gasteiger charge is 2.17. The van der Waals surface area contributed by atoms with Crippen molar-refractivity contribution in [3.63, 3.8) is 0 Å². The van der Waals surface area contributed by atoms with Gasteiger partial charge in [-0.05, 0) is 36.7 Å². The topological polar surface area (TPSA) is 6.48 Å². The molecule has 1 radical (unpaired) electrons. The molecule has 3 aromatic rings. The Morgan fingerprint density at radius 3 is 2.13 bits per heavy atom. The maximum Gasteiger partial charge on any atom is 0.357 e. The van der Waals surface area contributed by atoms with Crippen molar-refractivity contribution in [1.29, 1.82) is 0 Å². The number of benzene rings is 3. The number of para-hydroxylation sites is 1. The minimum atomic E-state index is 0.991. The van der Waals surface area contributed by atoms with Crippen LogP contribution in [0.4, 0.5) is 11.4 Å². The molecule has 0 bridgehead atoms. The summed E-state index contributed by atoms with van der Waals surface area (Å²) in [5.41, 5.74) is 2.39. The Labute approximate surface area is 139 Å². The number of hydrogen-bond donors (Lipinski definition) is 0. The number of fused-ring (bicyclic) bond motifs is 1. The predicted molar refractivity (Wildman–Crippen MR) is 101 cm³/mol. The molecule has 0 atom stereocenters. The van der Waals surface area contributed by atoms with E-state index in [0.717, 1.165) is 13.1 Å². The third-order valence-corrected chi connectivity index (χ3v) is 4.15. The Bertz CT molecular complexity index is 748. The van der Waals surface area contributed by atoms with Crippen LogP contribution < -0.4 is 4.81 Å². The molecule has 3 aromatic carbocycles. The lowest BCUT2D eigenvalue weighted by atomic mass is 9.97. The van der Waals surface area contributed by atoms with Gasteiger partial charge in [-0.15, -0.1) is 0 Å². The van der Waals surface area contributed by atoms with Gasteiger partial charge < -0.3 is 9.62 Å². The van der Waals surface area contributed by atoms with Gasteiger partial charge in [0.05, 0.1) is 0 Å². The second kappa shape index (κ2) is 7.34. The first-order valence-electron chi connectivity index (χ1n) is 8.24. The van der Waals surface area contributed by atoms with Crippen LogP contribution >= 0.6 is 0 Å². The van der Waals surface area contributed by atoms with Crippen molar-refractivity contribution in [3.05, 3.63) is 72.8 Å². The van der Waals surface area contributed by atoms with Gasteiger partial charge in [0, 0.05) is 16.8 Å². The van der Waals surface area contributed by atoms with Crippen molar-refractivity contribution >= 4 is 29.7 Å². The standard InChI is InChI=1S/C20H22BN2/c1-3-22(4-2)21-23(18-13-6-5-7-14-18)20-16-10-12-17-11-8-9-15-19(17)20/h5-16H,3-4H2,1-2H3. The zero-order valence-corrected chi connectivity index (χ0v) is 13.8. The van der Waals surface area contributed by atoms with Gasteiger partial charge in [0.1, 0.15) is 0 Å². The quantitative estimate of drug-likeness (QED) is 0.600. The SMILES string of the molecule is CCN([B]N(c1ccccc1)c1cccc2ccccc12)CC. The smallest absolute Gasteiger partial charge is 0.357 e. The molecular weight excluding hydrogens is 279 g/mol. The lowest BCUT2D eigenvalue weighted by Gasteiger charge is -2.30. The van der Waals surface area contributed by atoms with Gasteiger partial charge in [0.2, 0.25) is 0 Å². The molecular formula is C20H22BN2. The van der Waals surface area contributed by atoms with Crippen molar-refractivity contribution < 1.29 is 0 Å². The maximum absolute atomic E-state index is 2.31. The first kappa shape index (κ1) is 15.6. The van der Waals surface area contributed by atoms with Crippen molar-refractivity contribution in [2.45, 2.75) is 13.8 Å². The summed E-state index contributed by atoms with van der Waals surface area (Å²) in [6.07, 6.45) is 0. The lowest BCUT2D eigenvalue weighted by molar-refractivity contribution is 0.492. The van der Waals surface area contributed by atoms with Crippen molar-refractivity contribution in [3.8, 4) is 0 Å². The fraction of sp³-hybridized carbons (Fsp3) is 0.200. The summed E-state index contributed by atoms with van der Waals surface area (Å²) < 4.78 is 0. The second-order valence-electron chi connectivity index (χ2n) is 5.54. The highest BCUT2D eigenvalue weighted by Crippen LogP contribution is 2.31. The molecule has 115 valence electrons. The number of hydrogen-bond acceptors (Lipinski definition) is 2. The molecule has 0 N–H and O–H groups in total. The van der Waals surface area contributed by atoms with Gasteiger partial charge in [0.15, 0.2) is 0 Å². The van der Waals surface area contributed by atoms with E-state index < -0.39 is 0 Å².